The lowest BCUT2D eigenvalue weighted by molar-refractivity contribution is -0.384. The molecule has 0 saturated heterocycles. The van der Waals surface area contributed by atoms with Crippen LogP contribution in [0, 0.1) is 10.1 Å². The number of hydrogen-bond acceptors (Lipinski definition) is 6. The maximum Gasteiger partial charge on any atom is 0.339 e. The van der Waals surface area contributed by atoms with Crippen molar-refractivity contribution < 1.29 is 22.9 Å². The quantitative estimate of drug-likeness (QED) is 0.420. The van der Waals surface area contributed by atoms with E-state index in [2.05, 4.69) is 0 Å². The van der Waals surface area contributed by atoms with Crippen LogP contribution in [0.2, 0.25) is 5.02 Å². The highest BCUT2D eigenvalue weighted by Crippen LogP contribution is 2.28. The second-order valence-corrected chi connectivity index (χ2v) is 7.48. The molecule has 0 N–H and O–H groups in total. The van der Waals surface area contributed by atoms with Crippen molar-refractivity contribution in [1.29, 1.82) is 0 Å². The van der Waals surface area contributed by atoms with Gasteiger partial charge in [-0.3, -0.25) is 14.4 Å². The molecule has 0 unspecified atom stereocenters. The number of nitro groups is 1. The van der Waals surface area contributed by atoms with Crippen LogP contribution in [0.4, 0.5) is 11.4 Å². The van der Waals surface area contributed by atoms with Crippen molar-refractivity contribution in [2.24, 2.45) is 0 Å². The van der Waals surface area contributed by atoms with Gasteiger partial charge in [0.15, 0.2) is 0 Å². The molecule has 2 aromatic carbocycles. The first kappa shape index (κ1) is 19.7. The maximum atomic E-state index is 12.7. The summed E-state index contributed by atoms with van der Waals surface area (Å²) in [6.45, 7) is 1.84. The number of anilines is 1. The minimum absolute atomic E-state index is 0.0479. The standard InChI is InChI=1S/C16H15ClN2O6S/c1-3-25-16(20)14-9-6-12(10-15(14)17)18(2)26(23,24)13-7-4-11(5-8-13)19(21)22/h4-10H,3H2,1-2H3. The maximum absolute atomic E-state index is 12.7. The molecule has 2 rings (SSSR count). The third-order valence-electron chi connectivity index (χ3n) is 3.52. The lowest BCUT2D eigenvalue weighted by Gasteiger charge is -2.20. The molecule has 0 fully saturated rings. The Balaban J connectivity index is 2.34. The molecule has 0 radical (unpaired) electrons. The number of halogens is 1. The van der Waals surface area contributed by atoms with E-state index in [1.165, 1.54) is 25.2 Å². The van der Waals surface area contributed by atoms with E-state index < -0.39 is 20.9 Å². The predicted octanol–water partition coefficient (Wildman–Crippen LogP) is 3.25. The Morgan fingerprint density at radius 3 is 2.35 bits per heavy atom. The predicted molar refractivity (Wildman–Crippen MR) is 96.1 cm³/mol. The van der Waals surface area contributed by atoms with E-state index >= 15 is 0 Å². The monoisotopic (exact) mass is 398 g/mol. The number of non-ortho nitro benzene ring substituents is 1. The first-order chi connectivity index (χ1) is 12.2. The zero-order chi connectivity index (χ0) is 19.5. The molecule has 0 bridgehead atoms. The van der Waals surface area contributed by atoms with Gasteiger partial charge in [0.05, 0.1) is 32.7 Å². The van der Waals surface area contributed by atoms with E-state index in [1.54, 1.807) is 6.92 Å². The first-order valence-corrected chi connectivity index (χ1v) is 9.20. The first-order valence-electron chi connectivity index (χ1n) is 7.38. The summed E-state index contributed by atoms with van der Waals surface area (Å²) in [6, 6.07) is 8.64. The van der Waals surface area contributed by atoms with E-state index in [0.717, 1.165) is 28.6 Å². The van der Waals surface area contributed by atoms with Gasteiger partial charge in [0.1, 0.15) is 0 Å². The number of nitrogens with zero attached hydrogens (tertiary/aromatic N) is 2. The number of sulfonamides is 1. The number of carbonyl (C=O) groups excluding carboxylic acids is 1. The lowest BCUT2D eigenvalue weighted by atomic mass is 10.2. The van der Waals surface area contributed by atoms with Gasteiger partial charge < -0.3 is 4.74 Å². The van der Waals surface area contributed by atoms with Crippen LogP contribution < -0.4 is 4.31 Å². The molecule has 0 aliphatic carbocycles. The fourth-order valence-electron chi connectivity index (χ4n) is 2.11. The number of rotatable bonds is 6. The van der Waals surface area contributed by atoms with Crippen molar-refractivity contribution in [3.63, 3.8) is 0 Å². The van der Waals surface area contributed by atoms with Gasteiger partial charge in [0.25, 0.3) is 15.7 Å². The topological polar surface area (TPSA) is 107 Å². The van der Waals surface area contributed by atoms with E-state index in [0.29, 0.717) is 0 Å². The number of benzene rings is 2. The van der Waals surface area contributed by atoms with Gasteiger partial charge in [0, 0.05) is 19.2 Å². The SMILES string of the molecule is CCOC(=O)c1ccc(N(C)S(=O)(=O)c2ccc([N+](=O)[O-])cc2)cc1Cl. The molecule has 0 spiro atoms. The molecule has 26 heavy (non-hydrogen) atoms. The number of carbonyl (C=O) groups is 1. The van der Waals surface area contributed by atoms with Gasteiger partial charge in [-0.25, -0.2) is 13.2 Å². The third kappa shape index (κ3) is 3.94. The molecular formula is C16H15ClN2O6S. The van der Waals surface area contributed by atoms with Gasteiger partial charge in [-0.1, -0.05) is 11.6 Å². The van der Waals surface area contributed by atoms with E-state index in [-0.39, 0.29) is 33.5 Å². The van der Waals surface area contributed by atoms with Gasteiger partial charge in [-0.05, 0) is 37.3 Å². The summed E-state index contributed by atoms with van der Waals surface area (Å²) in [4.78, 5) is 21.7. The van der Waals surface area contributed by atoms with Crippen LogP contribution >= 0.6 is 11.6 Å². The average molecular weight is 399 g/mol. The molecule has 0 aliphatic heterocycles. The summed E-state index contributed by atoms with van der Waals surface area (Å²) in [5.41, 5.74) is 0.133. The summed E-state index contributed by atoms with van der Waals surface area (Å²) >= 11 is 6.06. The van der Waals surface area contributed by atoms with Crippen LogP contribution in [0.25, 0.3) is 0 Å². The van der Waals surface area contributed by atoms with Crippen LogP contribution in [-0.4, -0.2) is 33.0 Å². The highest BCUT2D eigenvalue weighted by Gasteiger charge is 2.23. The van der Waals surface area contributed by atoms with E-state index in [4.69, 9.17) is 16.3 Å². The van der Waals surface area contributed by atoms with Crippen LogP contribution in [0.5, 0.6) is 0 Å². The number of hydrogen-bond donors (Lipinski definition) is 0. The summed E-state index contributed by atoms with van der Waals surface area (Å²) in [6.07, 6.45) is 0. The lowest BCUT2D eigenvalue weighted by Crippen LogP contribution is -2.26. The summed E-state index contributed by atoms with van der Waals surface area (Å²) in [5.74, 6) is -0.607. The minimum Gasteiger partial charge on any atom is -0.462 e. The molecule has 0 amide bonds. The highest BCUT2D eigenvalue weighted by atomic mass is 35.5. The smallest absolute Gasteiger partial charge is 0.339 e. The van der Waals surface area contributed by atoms with Crippen LogP contribution in [-0.2, 0) is 14.8 Å². The molecule has 0 saturated carbocycles. The highest BCUT2D eigenvalue weighted by molar-refractivity contribution is 7.92. The molecule has 0 aliphatic rings. The summed E-state index contributed by atoms with van der Waals surface area (Å²) < 4.78 is 31.2. The van der Waals surface area contributed by atoms with E-state index in [9.17, 15) is 23.3 Å². The third-order valence-corrected chi connectivity index (χ3v) is 5.63. The number of esters is 1. The Morgan fingerprint density at radius 1 is 1.23 bits per heavy atom. The fraction of sp³-hybridized carbons (Fsp3) is 0.188. The Labute approximate surface area is 155 Å². The van der Waals surface area contributed by atoms with Crippen molar-refractivity contribution in [1.82, 2.24) is 0 Å². The minimum atomic E-state index is -3.96. The normalized spacial score (nSPS) is 11.0. The van der Waals surface area contributed by atoms with Crippen LogP contribution in [0.1, 0.15) is 17.3 Å². The Hall–Kier alpha value is -2.65. The number of nitro benzene ring substituents is 1. The van der Waals surface area contributed by atoms with Gasteiger partial charge in [0.2, 0.25) is 0 Å². The van der Waals surface area contributed by atoms with Crippen molar-refractivity contribution in [3.8, 4) is 0 Å². The van der Waals surface area contributed by atoms with Crippen LogP contribution in [0.15, 0.2) is 47.4 Å². The Morgan fingerprint density at radius 2 is 1.85 bits per heavy atom. The molecule has 138 valence electrons. The summed E-state index contributed by atoms with van der Waals surface area (Å²) in [5, 5.41) is 10.7. The number of ether oxygens (including phenoxy) is 1. The van der Waals surface area contributed by atoms with Crippen LogP contribution in [0.3, 0.4) is 0 Å². The van der Waals surface area contributed by atoms with Crippen molar-refractivity contribution in [3.05, 3.63) is 63.2 Å². The second-order valence-electron chi connectivity index (χ2n) is 5.11. The zero-order valence-electron chi connectivity index (χ0n) is 13.9. The molecule has 10 heteroatoms. The van der Waals surface area contributed by atoms with Gasteiger partial charge in [-0.2, -0.15) is 0 Å². The molecule has 0 aromatic heterocycles. The van der Waals surface area contributed by atoms with Crippen molar-refractivity contribution >= 4 is 39.0 Å². The van der Waals surface area contributed by atoms with Gasteiger partial charge in [-0.15, -0.1) is 0 Å². The van der Waals surface area contributed by atoms with E-state index in [1.807, 2.05) is 0 Å². The molecular weight excluding hydrogens is 384 g/mol. The van der Waals surface area contributed by atoms with Gasteiger partial charge >= 0.3 is 5.97 Å². The zero-order valence-corrected chi connectivity index (χ0v) is 15.5. The Bertz CT molecular complexity index is 944. The Kier molecular flexibility index (Phi) is 5.83. The molecule has 0 heterocycles. The van der Waals surface area contributed by atoms with Crippen molar-refractivity contribution in [2.45, 2.75) is 11.8 Å². The van der Waals surface area contributed by atoms with Crippen molar-refractivity contribution in [2.75, 3.05) is 18.0 Å². The molecule has 2 aromatic rings. The fourth-order valence-corrected chi connectivity index (χ4v) is 3.55. The summed E-state index contributed by atoms with van der Waals surface area (Å²) in [7, 11) is -2.65. The second kappa shape index (κ2) is 7.71. The average Bonchev–Trinajstić information content (AvgIpc) is 2.61. The molecule has 0 atom stereocenters. The largest absolute Gasteiger partial charge is 0.462 e. The molecule has 8 nitrogen and oxygen atoms in total.